The summed E-state index contributed by atoms with van der Waals surface area (Å²) in [5, 5.41) is 4.02. The molecule has 1 unspecified atom stereocenters. The van der Waals surface area contributed by atoms with Crippen molar-refractivity contribution in [3.63, 3.8) is 0 Å². The lowest BCUT2D eigenvalue weighted by Crippen LogP contribution is -2.31. The summed E-state index contributed by atoms with van der Waals surface area (Å²) in [5.74, 6) is 0.620. The van der Waals surface area contributed by atoms with E-state index in [1.54, 1.807) is 11.0 Å². The van der Waals surface area contributed by atoms with Gasteiger partial charge in [0.25, 0.3) is 5.91 Å². The first-order valence-corrected chi connectivity index (χ1v) is 6.67. The van der Waals surface area contributed by atoms with E-state index in [0.29, 0.717) is 24.8 Å². The Kier molecular flexibility index (Phi) is 4.01. The van der Waals surface area contributed by atoms with Crippen LogP contribution in [0.25, 0.3) is 0 Å². The van der Waals surface area contributed by atoms with Crippen molar-refractivity contribution in [1.29, 1.82) is 0 Å². The van der Waals surface area contributed by atoms with Crippen LogP contribution in [0.4, 0.5) is 0 Å². The van der Waals surface area contributed by atoms with Crippen molar-refractivity contribution in [3.8, 4) is 0 Å². The fourth-order valence-electron chi connectivity index (χ4n) is 2.42. The van der Waals surface area contributed by atoms with Crippen molar-refractivity contribution >= 4 is 5.91 Å². The van der Waals surface area contributed by atoms with Gasteiger partial charge < -0.3 is 15.2 Å². The SMILES string of the molecule is CCC(CC)c1cc(C(=O)N2CCC(N)C2)on1. The summed E-state index contributed by atoms with van der Waals surface area (Å²) in [5.41, 5.74) is 6.68. The third-order valence-corrected chi connectivity index (χ3v) is 3.65. The fourth-order valence-corrected chi connectivity index (χ4v) is 2.42. The zero-order chi connectivity index (χ0) is 13.1. The summed E-state index contributed by atoms with van der Waals surface area (Å²) in [6, 6.07) is 1.87. The van der Waals surface area contributed by atoms with E-state index < -0.39 is 0 Å². The molecule has 2 heterocycles. The van der Waals surface area contributed by atoms with Gasteiger partial charge in [-0.15, -0.1) is 0 Å². The number of hydrogen-bond donors (Lipinski definition) is 1. The molecule has 2 N–H and O–H groups in total. The van der Waals surface area contributed by atoms with Crippen molar-refractivity contribution < 1.29 is 9.32 Å². The molecule has 2 rings (SSSR count). The second kappa shape index (κ2) is 5.52. The van der Waals surface area contributed by atoms with E-state index in [1.807, 2.05) is 0 Å². The molecule has 0 saturated carbocycles. The van der Waals surface area contributed by atoms with Gasteiger partial charge in [0, 0.05) is 31.1 Å². The van der Waals surface area contributed by atoms with Gasteiger partial charge in [-0.25, -0.2) is 0 Å². The minimum Gasteiger partial charge on any atom is -0.351 e. The molecule has 18 heavy (non-hydrogen) atoms. The molecule has 1 aliphatic heterocycles. The van der Waals surface area contributed by atoms with Gasteiger partial charge in [0.05, 0.1) is 5.69 Å². The Balaban J connectivity index is 2.07. The maximum atomic E-state index is 12.1. The van der Waals surface area contributed by atoms with Gasteiger partial charge in [0.2, 0.25) is 5.76 Å². The van der Waals surface area contributed by atoms with Gasteiger partial charge in [-0.2, -0.15) is 0 Å². The van der Waals surface area contributed by atoms with Crippen molar-refractivity contribution in [2.45, 2.75) is 45.1 Å². The van der Waals surface area contributed by atoms with E-state index in [-0.39, 0.29) is 11.9 Å². The monoisotopic (exact) mass is 251 g/mol. The maximum Gasteiger partial charge on any atom is 0.292 e. The van der Waals surface area contributed by atoms with Crippen molar-refractivity contribution in [2.75, 3.05) is 13.1 Å². The predicted molar refractivity (Wildman–Crippen MR) is 68.3 cm³/mol. The van der Waals surface area contributed by atoms with Crippen molar-refractivity contribution in [3.05, 3.63) is 17.5 Å². The van der Waals surface area contributed by atoms with Crippen LogP contribution in [0.1, 0.15) is 55.3 Å². The van der Waals surface area contributed by atoms with Gasteiger partial charge >= 0.3 is 0 Å². The molecule has 100 valence electrons. The Morgan fingerprint density at radius 2 is 2.33 bits per heavy atom. The third-order valence-electron chi connectivity index (χ3n) is 3.65. The molecule has 1 aromatic heterocycles. The molecule has 0 spiro atoms. The fraction of sp³-hybridized carbons (Fsp3) is 0.692. The summed E-state index contributed by atoms with van der Waals surface area (Å²) in [7, 11) is 0. The smallest absolute Gasteiger partial charge is 0.292 e. The number of aromatic nitrogens is 1. The first-order valence-electron chi connectivity index (χ1n) is 6.67. The molecule has 0 bridgehead atoms. The van der Waals surface area contributed by atoms with E-state index in [0.717, 1.165) is 25.0 Å². The Morgan fingerprint density at radius 3 is 2.89 bits per heavy atom. The van der Waals surface area contributed by atoms with Crippen LogP contribution in [0.3, 0.4) is 0 Å². The normalized spacial score (nSPS) is 19.8. The van der Waals surface area contributed by atoms with Crippen LogP contribution < -0.4 is 5.73 Å². The van der Waals surface area contributed by atoms with Gasteiger partial charge in [-0.05, 0) is 19.3 Å². The van der Waals surface area contributed by atoms with Gasteiger partial charge in [-0.1, -0.05) is 19.0 Å². The highest BCUT2D eigenvalue weighted by Gasteiger charge is 2.27. The molecule has 5 heteroatoms. The summed E-state index contributed by atoms with van der Waals surface area (Å²) < 4.78 is 5.18. The van der Waals surface area contributed by atoms with Gasteiger partial charge in [0.15, 0.2) is 0 Å². The number of amides is 1. The number of nitrogens with zero attached hydrogens (tertiary/aromatic N) is 2. The van der Waals surface area contributed by atoms with Crippen molar-refractivity contribution in [1.82, 2.24) is 10.1 Å². The Labute approximate surface area is 107 Å². The van der Waals surface area contributed by atoms with Crippen molar-refractivity contribution in [2.24, 2.45) is 5.73 Å². The molecule has 1 saturated heterocycles. The van der Waals surface area contributed by atoms with Crippen LogP contribution in [0.2, 0.25) is 0 Å². The summed E-state index contributed by atoms with van der Waals surface area (Å²) in [6.45, 7) is 5.55. The van der Waals surface area contributed by atoms with Gasteiger partial charge in [-0.3, -0.25) is 4.79 Å². The summed E-state index contributed by atoms with van der Waals surface area (Å²) >= 11 is 0. The van der Waals surface area contributed by atoms with E-state index in [1.165, 1.54) is 0 Å². The molecule has 0 aromatic carbocycles. The molecule has 1 amide bonds. The second-order valence-corrected chi connectivity index (χ2v) is 4.93. The van der Waals surface area contributed by atoms with Crippen LogP contribution in [0.5, 0.6) is 0 Å². The average molecular weight is 251 g/mol. The topological polar surface area (TPSA) is 72.4 Å². The first-order chi connectivity index (χ1) is 8.65. The van der Waals surface area contributed by atoms with Crippen LogP contribution in [0, 0.1) is 0 Å². The van der Waals surface area contributed by atoms with E-state index in [9.17, 15) is 4.79 Å². The molecule has 0 aliphatic carbocycles. The quantitative estimate of drug-likeness (QED) is 0.884. The highest BCUT2D eigenvalue weighted by Crippen LogP contribution is 2.23. The molecule has 0 radical (unpaired) electrons. The molecule has 1 aliphatic rings. The third kappa shape index (κ3) is 2.56. The van der Waals surface area contributed by atoms with Crippen LogP contribution >= 0.6 is 0 Å². The maximum absolute atomic E-state index is 12.1. The molecular weight excluding hydrogens is 230 g/mol. The van der Waals surface area contributed by atoms with Gasteiger partial charge in [0.1, 0.15) is 0 Å². The molecule has 1 atom stereocenters. The van der Waals surface area contributed by atoms with Crippen LogP contribution in [0.15, 0.2) is 10.6 Å². The summed E-state index contributed by atoms with van der Waals surface area (Å²) in [4.78, 5) is 13.9. The first kappa shape index (κ1) is 13.1. The standard InChI is InChI=1S/C13H21N3O2/c1-3-9(4-2)11-7-12(18-15-11)13(17)16-6-5-10(14)8-16/h7,9-10H,3-6,8,14H2,1-2H3. The van der Waals surface area contributed by atoms with E-state index in [4.69, 9.17) is 10.3 Å². The lowest BCUT2D eigenvalue weighted by molar-refractivity contribution is 0.0749. The zero-order valence-corrected chi connectivity index (χ0v) is 11.1. The zero-order valence-electron chi connectivity index (χ0n) is 11.1. The largest absolute Gasteiger partial charge is 0.351 e. The average Bonchev–Trinajstić information content (AvgIpc) is 2.99. The molecule has 5 nitrogen and oxygen atoms in total. The lowest BCUT2D eigenvalue weighted by atomic mass is 9.99. The molecule has 1 aromatic rings. The summed E-state index contributed by atoms with van der Waals surface area (Å²) in [6.07, 6.45) is 2.87. The Bertz CT molecular complexity index is 412. The van der Waals surface area contributed by atoms with Crippen LogP contribution in [-0.4, -0.2) is 35.1 Å². The van der Waals surface area contributed by atoms with Crippen LogP contribution in [-0.2, 0) is 0 Å². The molecular formula is C13H21N3O2. The Hall–Kier alpha value is -1.36. The molecule has 1 fully saturated rings. The highest BCUT2D eigenvalue weighted by atomic mass is 16.5. The number of nitrogens with two attached hydrogens (primary N) is 1. The number of likely N-dealkylation sites (tertiary alicyclic amines) is 1. The minimum absolute atomic E-state index is 0.0901. The highest BCUT2D eigenvalue weighted by molar-refractivity contribution is 5.91. The second-order valence-electron chi connectivity index (χ2n) is 4.93. The number of hydrogen-bond acceptors (Lipinski definition) is 4. The van der Waals surface area contributed by atoms with E-state index >= 15 is 0 Å². The lowest BCUT2D eigenvalue weighted by Gasteiger charge is -2.12. The van der Waals surface area contributed by atoms with E-state index in [2.05, 4.69) is 19.0 Å². The number of rotatable bonds is 4. The Morgan fingerprint density at radius 1 is 1.61 bits per heavy atom. The number of carbonyl (C=O) groups excluding carboxylic acids is 1. The number of carbonyl (C=O) groups is 1. The minimum atomic E-state index is -0.0901. The predicted octanol–water partition coefficient (Wildman–Crippen LogP) is 1.75.